The Morgan fingerprint density at radius 2 is 2.33 bits per heavy atom. The topological polar surface area (TPSA) is 62.3 Å². The number of benzene rings is 1. The molecule has 1 aliphatic rings. The molecule has 0 amide bonds. The molecule has 1 heterocycles. The predicted octanol–water partition coefficient (Wildman–Crippen LogP) is 1.75. The minimum atomic E-state index is 0.137. The number of anilines is 1. The van der Waals surface area contributed by atoms with Gasteiger partial charge < -0.3 is 15.4 Å². The van der Waals surface area contributed by atoms with Crippen molar-refractivity contribution in [2.75, 3.05) is 31.7 Å². The summed E-state index contributed by atoms with van der Waals surface area (Å²) in [4.78, 5) is 2.38. The molecule has 4 heteroatoms. The van der Waals surface area contributed by atoms with E-state index in [2.05, 4.69) is 17.0 Å². The van der Waals surface area contributed by atoms with Gasteiger partial charge in [0.1, 0.15) is 5.84 Å². The predicted molar refractivity (Wildman–Crippen MR) is 74.4 cm³/mol. The van der Waals surface area contributed by atoms with Gasteiger partial charge in [0.15, 0.2) is 0 Å². The molecule has 4 nitrogen and oxygen atoms in total. The first-order chi connectivity index (χ1) is 8.61. The molecule has 98 valence electrons. The summed E-state index contributed by atoms with van der Waals surface area (Å²) in [6.07, 6.45) is 1.18. The molecule has 1 aromatic rings. The van der Waals surface area contributed by atoms with Gasteiger partial charge in [-0.1, -0.05) is 0 Å². The second-order valence-electron chi connectivity index (χ2n) is 4.97. The van der Waals surface area contributed by atoms with Gasteiger partial charge in [0, 0.05) is 37.4 Å². The lowest BCUT2D eigenvalue weighted by atomic mass is 10.1. The molecule has 0 saturated carbocycles. The molecule has 1 unspecified atom stereocenters. The van der Waals surface area contributed by atoms with Crippen molar-refractivity contribution >= 4 is 11.5 Å². The first-order valence-corrected chi connectivity index (χ1v) is 6.30. The largest absolute Gasteiger partial charge is 0.384 e. The van der Waals surface area contributed by atoms with Crippen molar-refractivity contribution in [2.24, 2.45) is 11.7 Å². The zero-order valence-corrected chi connectivity index (χ0v) is 11.1. The number of ether oxygens (including phenoxy) is 1. The van der Waals surface area contributed by atoms with E-state index in [0.717, 1.165) is 30.8 Å². The average Bonchev–Trinajstić information content (AvgIpc) is 2.77. The molecule has 0 aliphatic carbocycles. The Balaban J connectivity index is 2.11. The number of amidine groups is 1. The van der Waals surface area contributed by atoms with Crippen LogP contribution in [0.3, 0.4) is 0 Å². The van der Waals surface area contributed by atoms with E-state index in [-0.39, 0.29) is 5.84 Å². The molecule has 1 atom stereocenters. The molecule has 0 spiro atoms. The average molecular weight is 247 g/mol. The maximum atomic E-state index is 7.49. The number of hydrogen-bond donors (Lipinski definition) is 2. The van der Waals surface area contributed by atoms with Gasteiger partial charge in [-0.05, 0) is 37.1 Å². The van der Waals surface area contributed by atoms with Crippen LogP contribution in [0.25, 0.3) is 0 Å². The van der Waals surface area contributed by atoms with E-state index in [1.54, 1.807) is 7.11 Å². The summed E-state index contributed by atoms with van der Waals surface area (Å²) in [5, 5.41) is 7.49. The molecule has 18 heavy (non-hydrogen) atoms. The van der Waals surface area contributed by atoms with E-state index in [4.69, 9.17) is 15.9 Å². The van der Waals surface area contributed by atoms with Crippen molar-refractivity contribution in [2.45, 2.75) is 13.3 Å². The third kappa shape index (κ3) is 2.64. The van der Waals surface area contributed by atoms with Crippen molar-refractivity contribution in [1.82, 2.24) is 0 Å². The van der Waals surface area contributed by atoms with E-state index in [1.807, 2.05) is 13.0 Å². The monoisotopic (exact) mass is 247 g/mol. The van der Waals surface area contributed by atoms with Gasteiger partial charge in [0.2, 0.25) is 0 Å². The second-order valence-corrected chi connectivity index (χ2v) is 4.97. The Kier molecular flexibility index (Phi) is 3.87. The van der Waals surface area contributed by atoms with E-state index >= 15 is 0 Å². The van der Waals surface area contributed by atoms with Gasteiger partial charge in [0.25, 0.3) is 0 Å². The Morgan fingerprint density at radius 1 is 1.56 bits per heavy atom. The number of nitrogens with two attached hydrogens (primary N) is 1. The van der Waals surface area contributed by atoms with E-state index in [0.29, 0.717) is 5.92 Å². The molecule has 1 fully saturated rings. The molecule has 3 N–H and O–H groups in total. The second kappa shape index (κ2) is 5.40. The number of methoxy groups -OCH3 is 1. The SMILES string of the molecule is COCC1CCN(c2ccc(C(=N)N)c(C)c2)C1. The molecule has 1 aliphatic heterocycles. The molecular formula is C14H21N3O. The van der Waals surface area contributed by atoms with Crippen molar-refractivity contribution in [3.8, 4) is 0 Å². The van der Waals surface area contributed by atoms with Crippen LogP contribution in [-0.2, 0) is 4.74 Å². The van der Waals surface area contributed by atoms with Gasteiger partial charge in [-0.25, -0.2) is 0 Å². The number of rotatable bonds is 4. The number of nitrogen functional groups attached to an aromatic ring is 1. The van der Waals surface area contributed by atoms with Gasteiger partial charge in [-0.2, -0.15) is 0 Å². The van der Waals surface area contributed by atoms with E-state index in [9.17, 15) is 0 Å². The van der Waals surface area contributed by atoms with Crippen LogP contribution in [0, 0.1) is 18.3 Å². The van der Waals surface area contributed by atoms with Crippen LogP contribution in [0.5, 0.6) is 0 Å². The van der Waals surface area contributed by atoms with Gasteiger partial charge in [-0.15, -0.1) is 0 Å². The van der Waals surface area contributed by atoms with Crippen LogP contribution in [-0.4, -0.2) is 32.6 Å². The highest BCUT2D eigenvalue weighted by molar-refractivity contribution is 5.96. The molecule has 1 saturated heterocycles. The fourth-order valence-electron chi connectivity index (χ4n) is 2.59. The maximum absolute atomic E-state index is 7.49. The van der Waals surface area contributed by atoms with Crippen molar-refractivity contribution in [3.63, 3.8) is 0 Å². The van der Waals surface area contributed by atoms with Crippen molar-refractivity contribution in [3.05, 3.63) is 29.3 Å². The van der Waals surface area contributed by atoms with E-state index in [1.165, 1.54) is 12.1 Å². The molecule has 1 aromatic carbocycles. The molecule has 0 radical (unpaired) electrons. The van der Waals surface area contributed by atoms with Crippen molar-refractivity contribution in [1.29, 1.82) is 5.41 Å². The van der Waals surface area contributed by atoms with Crippen LogP contribution < -0.4 is 10.6 Å². The lowest BCUT2D eigenvalue weighted by Crippen LogP contribution is -2.21. The highest BCUT2D eigenvalue weighted by Gasteiger charge is 2.22. The van der Waals surface area contributed by atoms with Gasteiger partial charge in [0.05, 0.1) is 6.61 Å². The smallest absolute Gasteiger partial charge is 0.123 e. The van der Waals surface area contributed by atoms with Crippen LogP contribution in [0.4, 0.5) is 5.69 Å². The lowest BCUT2D eigenvalue weighted by molar-refractivity contribution is 0.161. The third-order valence-corrected chi connectivity index (χ3v) is 3.55. The summed E-state index contributed by atoms with van der Waals surface area (Å²) in [6, 6.07) is 6.11. The Labute approximate surface area is 108 Å². The van der Waals surface area contributed by atoms with Crippen LogP contribution in [0.1, 0.15) is 17.5 Å². The van der Waals surface area contributed by atoms with Gasteiger partial charge >= 0.3 is 0 Å². The normalized spacial score (nSPS) is 19.2. The minimum Gasteiger partial charge on any atom is -0.384 e. The number of nitrogens with zero attached hydrogens (tertiary/aromatic N) is 1. The Hall–Kier alpha value is -1.55. The maximum Gasteiger partial charge on any atom is 0.123 e. The number of nitrogens with one attached hydrogen (secondary N) is 1. The fourth-order valence-corrected chi connectivity index (χ4v) is 2.59. The van der Waals surface area contributed by atoms with Crippen LogP contribution >= 0.6 is 0 Å². The minimum absolute atomic E-state index is 0.137. The van der Waals surface area contributed by atoms with Crippen LogP contribution in [0.2, 0.25) is 0 Å². The molecule has 2 rings (SSSR count). The van der Waals surface area contributed by atoms with Crippen LogP contribution in [0.15, 0.2) is 18.2 Å². The molecule has 0 aromatic heterocycles. The zero-order chi connectivity index (χ0) is 13.1. The number of aryl methyl sites for hydroxylation is 1. The first kappa shape index (κ1) is 12.9. The summed E-state index contributed by atoms with van der Waals surface area (Å²) >= 11 is 0. The summed E-state index contributed by atoms with van der Waals surface area (Å²) in [6.45, 7) is 4.96. The Morgan fingerprint density at radius 3 is 2.94 bits per heavy atom. The number of hydrogen-bond acceptors (Lipinski definition) is 3. The zero-order valence-electron chi connectivity index (χ0n) is 11.1. The molecular weight excluding hydrogens is 226 g/mol. The summed E-state index contributed by atoms with van der Waals surface area (Å²) in [5.74, 6) is 0.764. The standard InChI is InChI=1S/C14H21N3O/c1-10-7-12(3-4-13(10)14(15)16)17-6-5-11(8-17)9-18-2/h3-4,7,11H,5-6,8-9H2,1-2H3,(H3,15,16). The van der Waals surface area contributed by atoms with E-state index < -0.39 is 0 Å². The first-order valence-electron chi connectivity index (χ1n) is 6.30. The highest BCUT2D eigenvalue weighted by Crippen LogP contribution is 2.25. The Bertz CT molecular complexity index is 445. The summed E-state index contributed by atoms with van der Waals surface area (Å²) in [5.41, 5.74) is 8.64. The molecule has 0 bridgehead atoms. The summed E-state index contributed by atoms with van der Waals surface area (Å²) < 4.78 is 5.21. The summed E-state index contributed by atoms with van der Waals surface area (Å²) in [7, 11) is 1.76. The fraction of sp³-hybridized carbons (Fsp3) is 0.500. The highest BCUT2D eigenvalue weighted by atomic mass is 16.5. The van der Waals surface area contributed by atoms with Crippen molar-refractivity contribution < 1.29 is 4.74 Å². The third-order valence-electron chi connectivity index (χ3n) is 3.55. The lowest BCUT2D eigenvalue weighted by Gasteiger charge is -2.20. The quantitative estimate of drug-likeness (QED) is 0.629. The van der Waals surface area contributed by atoms with Gasteiger partial charge in [-0.3, -0.25) is 5.41 Å².